The van der Waals surface area contributed by atoms with Crippen molar-refractivity contribution < 1.29 is 4.42 Å². The number of benzene rings is 1. The van der Waals surface area contributed by atoms with Gasteiger partial charge in [0.1, 0.15) is 6.26 Å². The van der Waals surface area contributed by atoms with Gasteiger partial charge in [-0.05, 0) is 32.9 Å². The minimum atomic E-state index is 0. The number of thiazole rings is 1. The number of guanidine groups is 1. The minimum Gasteiger partial charge on any atom is -0.444 e. The molecule has 2 N–H and O–H groups in total. The van der Waals surface area contributed by atoms with Crippen molar-refractivity contribution >= 4 is 41.3 Å². The van der Waals surface area contributed by atoms with E-state index in [2.05, 4.69) is 44.7 Å². The lowest BCUT2D eigenvalue weighted by Gasteiger charge is -2.10. The van der Waals surface area contributed by atoms with E-state index in [1.54, 1.807) is 24.6 Å². The topological polar surface area (TPSA) is 75.3 Å². The highest BCUT2D eigenvalue weighted by Gasteiger charge is 2.08. The van der Waals surface area contributed by atoms with E-state index in [9.17, 15) is 0 Å². The molecule has 6 nitrogen and oxygen atoms in total. The second-order valence-corrected chi connectivity index (χ2v) is 7.64. The molecule has 0 radical (unpaired) electrons. The van der Waals surface area contributed by atoms with Crippen molar-refractivity contribution in [2.75, 3.05) is 13.6 Å². The number of nitrogens with zero attached hydrogens (tertiary/aromatic N) is 3. The fourth-order valence-corrected chi connectivity index (χ4v) is 3.56. The van der Waals surface area contributed by atoms with Gasteiger partial charge in [0, 0.05) is 30.5 Å². The summed E-state index contributed by atoms with van der Waals surface area (Å²) in [5, 5.41) is 7.73. The van der Waals surface area contributed by atoms with Gasteiger partial charge in [-0.15, -0.1) is 35.3 Å². The summed E-state index contributed by atoms with van der Waals surface area (Å²) in [6, 6.07) is 8.17. The Kier molecular flexibility index (Phi) is 8.43. The third-order valence-electron chi connectivity index (χ3n) is 4.16. The molecule has 0 aliphatic heterocycles. The lowest BCUT2D eigenvalue weighted by atomic mass is 10.1. The third-order valence-corrected chi connectivity index (χ3v) is 5.24. The third kappa shape index (κ3) is 6.03. The predicted molar refractivity (Wildman–Crippen MR) is 126 cm³/mol. The molecule has 0 atom stereocenters. The molecule has 150 valence electrons. The van der Waals surface area contributed by atoms with Crippen molar-refractivity contribution in [2.24, 2.45) is 4.99 Å². The fourth-order valence-electron chi connectivity index (χ4n) is 2.68. The molecule has 0 aliphatic carbocycles. The average molecular weight is 511 g/mol. The van der Waals surface area contributed by atoms with Crippen LogP contribution in [0.25, 0.3) is 11.5 Å². The summed E-state index contributed by atoms with van der Waals surface area (Å²) in [6.45, 7) is 7.57. The Morgan fingerprint density at radius 2 is 1.86 bits per heavy atom. The van der Waals surface area contributed by atoms with E-state index in [4.69, 9.17) is 4.42 Å². The van der Waals surface area contributed by atoms with Crippen LogP contribution in [0.5, 0.6) is 0 Å². The first-order chi connectivity index (χ1) is 13.0. The molecular formula is C20H26IN5OS. The number of aryl methyl sites for hydroxylation is 3. The second kappa shape index (κ2) is 10.6. The maximum absolute atomic E-state index is 5.60. The zero-order valence-electron chi connectivity index (χ0n) is 16.6. The highest BCUT2D eigenvalue weighted by atomic mass is 127. The van der Waals surface area contributed by atoms with Gasteiger partial charge in [-0.2, -0.15) is 0 Å². The number of rotatable bonds is 6. The molecule has 0 saturated carbocycles. The highest BCUT2D eigenvalue weighted by Crippen LogP contribution is 2.19. The van der Waals surface area contributed by atoms with Crippen molar-refractivity contribution in [3.63, 3.8) is 0 Å². The lowest BCUT2D eigenvalue weighted by molar-refractivity contribution is 0.572. The molecule has 0 bridgehead atoms. The normalized spacial score (nSPS) is 11.2. The van der Waals surface area contributed by atoms with E-state index in [1.807, 2.05) is 26.0 Å². The van der Waals surface area contributed by atoms with Crippen molar-refractivity contribution in [3.05, 3.63) is 57.4 Å². The number of hydrogen-bond donors (Lipinski definition) is 2. The van der Waals surface area contributed by atoms with Crippen LogP contribution in [-0.2, 0) is 13.0 Å². The summed E-state index contributed by atoms with van der Waals surface area (Å²) in [6.07, 6.45) is 2.48. The largest absolute Gasteiger partial charge is 0.444 e. The van der Waals surface area contributed by atoms with E-state index in [0.717, 1.165) is 47.4 Å². The van der Waals surface area contributed by atoms with Gasteiger partial charge in [-0.1, -0.05) is 17.7 Å². The van der Waals surface area contributed by atoms with Gasteiger partial charge < -0.3 is 15.1 Å². The molecule has 2 heterocycles. The van der Waals surface area contributed by atoms with E-state index in [0.29, 0.717) is 5.89 Å². The highest BCUT2D eigenvalue weighted by molar-refractivity contribution is 14.0. The molecule has 28 heavy (non-hydrogen) atoms. The molecule has 0 aliphatic rings. The summed E-state index contributed by atoms with van der Waals surface area (Å²) in [5.74, 6) is 1.42. The Bertz CT molecular complexity index is 917. The zero-order valence-corrected chi connectivity index (χ0v) is 19.7. The predicted octanol–water partition coefficient (Wildman–Crippen LogP) is 4.25. The maximum Gasteiger partial charge on any atom is 0.226 e. The van der Waals surface area contributed by atoms with Crippen LogP contribution in [0, 0.1) is 20.8 Å². The van der Waals surface area contributed by atoms with E-state index < -0.39 is 0 Å². The van der Waals surface area contributed by atoms with Crippen molar-refractivity contribution in [2.45, 2.75) is 33.7 Å². The van der Waals surface area contributed by atoms with Gasteiger partial charge in [0.2, 0.25) is 5.89 Å². The first-order valence-electron chi connectivity index (χ1n) is 8.94. The Hall–Kier alpha value is -1.94. The molecule has 3 aromatic rings. The number of aliphatic imine (C=N–C) groups is 1. The number of halogens is 1. The first-order valence-corrected chi connectivity index (χ1v) is 9.75. The number of oxazole rings is 1. The molecule has 0 unspecified atom stereocenters. The molecule has 0 saturated heterocycles. The number of aromatic nitrogens is 2. The van der Waals surface area contributed by atoms with Gasteiger partial charge in [-0.3, -0.25) is 4.99 Å². The van der Waals surface area contributed by atoms with Gasteiger partial charge in [0.05, 0.1) is 22.9 Å². The van der Waals surface area contributed by atoms with Crippen LogP contribution >= 0.6 is 35.3 Å². The molecule has 1 aromatic carbocycles. The summed E-state index contributed by atoms with van der Waals surface area (Å²) in [5.41, 5.74) is 4.21. The van der Waals surface area contributed by atoms with Gasteiger partial charge in [-0.25, -0.2) is 9.97 Å². The van der Waals surface area contributed by atoms with Crippen LogP contribution < -0.4 is 10.6 Å². The van der Waals surface area contributed by atoms with Crippen LogP contribution in [0.2, 0.25) is 0 Å². The van der Waals surface area contributed by atoms with Crippen molar-refractivity contribution in [1.29, 1.82) is 0 Å². The molecule has 8 heteroatoms. The maximum atomic E-state index is 5.60. The number of hydrogen-bond acceptors (Lipinski definition) is 5. The quantitative estimate of drug-likeness (QED) is 0.294. The average Bonchev–Trinajstić information content (AvgIpc) is 3.24. The Morgan fingerprint density at radius 3 is 2.50 bits per heavy atom. The molecular weight excluding hydrogens is 485 g/mol. The summed E-state index contributed by atoms with van der Waals surface area (Å²) in [4.78, 5) is 14.5. The summed E-state index contributed by atoms with van der Waals surface area (Å²) < 4.78 is 5.60. The Balaban J connectivity index is 0.00000280. The zero-order chi connectivity index (χ0) is 19.2. The van der Waals surface area contributed by atoms with Gasteiger partial charge >= 0.3 is 0 Å². The second-order valence-electron chi connectivity index (χ2n) is 6.35. The molecule has 0 amide bonds. The lowest BCUT2D eigenvalue weighted by Crippen LogP contribution is -2.37. The van der Waals surface area contributed by atoms with Gasteiger partial charge in [0.15, 0.2) is 5.96 Å². The van der Waals surface area contributed by atoms with Crippen molar-refractivity contribution in [3.8, 4) is 11.5 Å². The summed E-state index contributed by atoms with van der Waals surface area (Å²) >= 11 is 1.71. The first kappa shape index (κ1) is 22.4. The van der Waals surface area contributed by atoms with E-state index in [1.165, 1.54) is 10.4 Å². The monoisotopic (exact) mass is 511 g/mol. The van der Waals surface area contributed by atoms with Crippen LogP contribution in [0.3, 0.4) is 0 Å². The van der Waals surface area contributed by atoms with E-state index in [-0.39, 0.29) is 24.0 Å². The number of nitrogens with one attached hydrogen (secondary N) is 2. The molecule has 0 spiro atoms. The standard InChI is InChI=1S/C20H25N5OS.HI/c1-13-5-7-16(8-6-13)19-25-17(12-26-19)9-10-22-20(21-4)23-11-18-14(2)24-15(3)27-18;/h5-8,12H,9-11H2,1-4H3,(H2,21,22,23);1H. The molecule has 2 aromatic heterocycles. The minimum absolute atomic E-state index is 0. The summed E-state index contributed by atoms with van der Waals surface area (Å²) in [7, 11) is 1.77. The van der Waals surface area contributed by atoms with Crippen LogP contribution in [0.1, 0.15) is 26.8 Å². The van der Waals surface area contributed by atoms with Crippen LogP contribution in [0.4, 0.5) is 0 Å². The molecule has 0 fully saturated rings. The fraction of sp³-hybridized carbons (Fsp3) is 0.350. The van der Waals surface area contributed by atoms with Crippen molar-refractivity contribution in [1.82, 2.24) is 20.6 Å². The van der Waals surface area contributed by atoms with Crippen LogP contribution in [0.15, 0.2) is 39.9 Å². The van der Waals surface area contributed by atoms with E-state index >= 15 is 0 Å². The SMILES string of the molecule is CN=C(NCCc1coc(-c2ccc(C)cc2)n1)NCc1sc(C)nc1C.I. The van der Waals surface area contributed by atoms with Gasteiger partial charge in [0.25, 0.3) is 0 Å². The smallest absolute Gasteiger partial charge is 0.226 e. The van der Waals surface area contributed by atoms with Crippen LogP contribution in [-0.4, -0.2) is 29.5 Å². The Morgan fingerprint density at radius 1 is 1.11 bits per heavy atom. The Labute approximate surface area is 186 Å². The molecule has 3 rings (SSSR count).